The minimum Gasteiger partial charge on any atom is -0.497 e. The lowest BCUT2D eigenvalue weighted by Crippen LogP contribution is -2.01. The van der Waals surface area contributed by atoms with Crippen molar-refractivity contribution in [3.8, 4) is 5.75 Å². The van der Waals surface area contributed by atoms with Crippen LogP contribution in [0.4, 0.5) is 5.82 Å². The molecule has 20 heavy (non-hydrogen) atoms. The largest absolute Gasteiger partial charge is 0.497 e. The third kappa shape index (κ3) is 4.46. The number of hydrogen-bond acceptors (Lipinski definition) is 4. The van der Waals surface area contributed by atoms with E-state index in [2.05, 4.69) is 35.4 Å². The molecule has 0 aliphatic carbocycles. The van der Waals surface area contributed by atoms with Gasteiger partial charge in [-0.2, -0.15) is 0 Å². The van der Waals surface area contributed by atoms with Crippen molar-refractivity contribution in [2.24, 2.45) is 0 Å². The van der Waals surface area contributed by atoms with Crippen LogP contribution in [0, 0.1) is 0 Å². The molecule has 0 saturated heterocycles. The summed E-state index contributed by atoms with van der Waals surface area (Å²) in [5, 5.41) is 3.28. The second kappa shape index (κ2) is 7.80. The van der Waals surface area contributed by atoms with E-state index in [-0.39, 0.29) is 0 Å². The third-order valence-corrected chi connectivity index (χ3v) is 3.93. The number of methoxy groups -OCH3 is 1. The quantitative estimate of drug-likeness (QED) is 0.774. The minimum atomic E-state index is 0.891. The highest BCUT2D eigenvalue weighted by Crippen LogP contribution is 2.24. The standard InChI is InChI=1S/C16H20N2OS/c1-3-10-17-16-9-4-13(11-18-16)12-20-15-7-5-14(19-2)6-8-15/h4-9,11H,3,10,12H2,1-2H3,(H,17,18). The molecule has 106 valence electrons. The van der Waals surface area contributed by atoms with Crippen LogP contribution in [-0.4, -0.2) is 18.6 Å². The van der Waals surface area contributed by atoms with Gasteiger partial charge in [-0.05, 0) is 42.3 Å². The zero-order chi connectivity index (χ0) is 14.2. The summed E-state index contributed by atoms with van der Waals surface area (Å²) in [7, 11) is 1.68. The van der Waals surface area contributed by atoms with Crippen LogP contribution in [-0.2, 0) is 5.75 Å². The maximum Gasteiger partial charge on any atom is 0.125 e. The van der Waals surface area contributed by atoms with Crippen molar-refractivity contribution in [1.29, 1.82) is 0 Å². The Morgan fingerprint density at radius 2 is 1.95 bits per heavy atom. The average Bonchev–Trinajstić information content (AvgIpc) is 2.52. The van der Waals surface area contributed by atoms with Crippen LogP contribution in [0.25, 0.3) is 0 Å². The first-order valence-electron chi connectivity index (χ1n) is 6.77. The van der Waals surface area contributed by atoms with E-state index in [1.807, 2.05) is 24.4 Å². The van der Waals surface area contributed by atoms with Gasteiger partial charge in [-0.3, -0.25) is 0 Å². The zero-order valence-electron chi connectivity index (χ0n) is 11.9. The minimum absolute atomic E-state index is 0.891. The summed E-state index contributed by atoms with van der Waals surface area (Å²) in [5.74, 6) is 2.76. The van der Waals surface area contributed by atoms with Gasteiger partial charge in [0.25, 0.3) is 0 Å². The van der Waals surface area contributed by atoms with E-state index < -0.39 is 0 Å². The molecule has 1 N–H and O–H groups in total. The molecule has 0 aliphatic rings. The van der Waals surface area contributed by atoms with Crippen molar-refractivity contribution < 1.29 is 4.74 Å². The fourth-order valence-electron chi connectivity index (χ4n) is 1.71. The Labute approximate surface area is 124 Å². The first-order chi connectivity index (χ1) is 9.81. The van der Waals surface area contributed by atoms with Crippen LogP contribution in [0.2, 0.25) is 0 Å². The second-order valence-corrected chi connectivity index (χ2v) is 5.49. The number of nitrogens with zero attached hydrogens (tertiary/aromatic N) is 1. The zero-order valence-corrected chi connectivity index (χ0v) is 12.7. The molecule has 1 aromatic carbocycles. The molecule has 0 amide bonds. The van der Waals surface area contributed by atoms with Gasteiger partial charge in [0.2, 0.25) is 0 Å². The molecule has 0 saturated carbocycles. The van der Waals surface area contributed by atoms with Gasteiger partial charge in [-0.15, -0.1) is 11.8 Å². The number of nitrogens with one attached hydrogen (secondary N) is 1. The number of anilines is 1. The van der Waals surface area contributed by atoms with Gasteiger partial charge >= 0.3 is 0 Å². The fourth-order valence-corrected chi connectivity index (χ4v) is 2.54. The molecule has 0 unspecified atom stereocenters. The topological polar surface area (TPSA) is 34.1 Å². The summed E-state index contributed by atoms with van der Waals surface area (Å²) >= 11 is 1.80. The van der Waals surface area contributed by atoms with E-state index in [9.17, 15) is 0 Å². The molecule has 0 radical (unpaired) electrons. The van der Waals surface area contributed by atoms with Crippen molar-refractivity contribution in [1.82, 2.24) is 4.98 Å². The maximum absolute atomic E-state index is 5.15. The van der Waals surface area contributed by atoms with Gasteiger partial charge in [0.05, 0.1) is 7.11 Å². The molecule has 1 heterocycles. The summed E-state index contributed by atoms with van der Waals surface area (Å²) in [6.07, 6.45) is 3.05. The summed E-state index contributed by atoms with van der Waals surface area (Å²) in [5.41, 5.74) is 1.23. The number of thioether (sulfide) groups is 1. The van der Waals surface area contributed by atoms with Crippen LogP contribution in [0.3, 0.4) is 0 Å². The Hall–Kier alpha value is -1.68. The first kappa shape index (κ1) is 14.7. The van der Waals surface area contributed by atoms with Crippen molar-refractivity contribution in [3.63, 3.8) is 0 Å². The SMILES string of the molecule is CCCNc1ccc(CSc2ccc(OC)cc2)cn1. The van der Waals surface area contributed by atoms with Gasteiger partial charge in [0.1, 0.15) is 11.6 Å². The highest BCUT2D eigenvalue weighted by Gasteiger charge is 1.99. The maximum atomic E-state index is 5.15. The molecule has 2 aromatic rings. The van der Waals surface area contributed by atoms with Gasteiger partial charge in [-0.1, -0.05) is 13.0 Å². The lowest BCUT2D eigenvalue weighted by Gasteiger charge is -2.06. The highest BCUT2D eigenvalue weighted by molar-refractivity contribution is 7.98. The second-order valence-electron chi connectivity index (χ2n) is 4.44. The molecule has 3 nitrogen and oxygen atoms in total. The molecule has 0 spiro atoms. The number of pyridine rings is 1. The summed E-state index contributed by atoms with van der Waals surface area (Å²) in [6.45, 7) is 3.11. The highest BCUT2D eigenvalue weighted by atomic mass is 32.2. The molecule has 2 rings (SSSR count). The van der Waals surface area contributed by atoms with Crippen molar-refractivity contribution in [2.45, 2.75) is 24.0 Å². The van der Waals surface area contributed by atoms with E-state index in [0.717, 1.165) is 30.3 Å². The smallest absolute Gasteiger partial charge is 0.125 e. The molecular weight excluding hydrogens is 268 g/mol. The number of hydrogen-bond donors (Lipinski definition) is 1. The predicted molar refractivity (Wildman–Crippen MR) is 85.6 cm³/mol. The van der Waals surface area contributed by atoms with E-state index in [4.69, 9.17) is 4.74 Å². The normalized spacial score (nSPS) is 10.3. The Morgan fingerprint density at radius 1 is 1.15 bits per heavy atom. The third-order valence-electron chi connectivity index (χ3n) is 2.85. The van der Waals surface area contributed by atoms with Gasteiger partial charge in [0, 0.05) is 23.4 Å². The first-order valence-corrected chi connectivity index (χ1v) is 7.76. The van der Waals surface area contributed by atoms with E-state index >= 15 is 0 Å². The number of aromatic nitrogens is 1. The molecular formula is C16H20N2OS. The lowest BCUT2D eigenvalue weighted by molar-refractivity contribution is 0.414. The molecule has 4 heteroatoms. The van der Waals surface area contributed by atoms with Crippen LogP contribution < -0.4 is 10.1 Å². The van der Waals surface area contributed by atoms with Crippen molar-refractivity contribution in [3.05, 3.63) is 48.2 Å². The lowest BCUT2D eigenvalue weighted by atomic mass is 10.3. The van der Waals surface area contributed by atoms with Crippen molar-refractivity contribution >= 4 is 17.6 Å². The van der Waals surface area contributed by atoms with Gasteiger partial charge in [0.15, 0.2) is 0 Å². The van der Waals surface area contributed by atoms with Crippen LogP contribution in [0.1, 0.15) is 18.9 Å². The van der Waals surface area contributed by atoms with Gasteiger partial charge in [-0.25, -0.2) is 4.98 Å². The van der Waals surface area contributed by atoms with E-state index in [1.165, 1.54) is 10.5 Å². The average molecular weight is 288 g/mol. The van der Waals surface area contributed by atoms with Crippen LogP contribution >= 0.6 is 11.8 Å². The number of ether oxygens (including phenoxy) is 1. The van der Waals surface area contributed by atoms with E-state index in [1.54, 1.807) is 18.9 Å². The molecule has 0 atom stereocenters. The van der Waals surface area contributed by atoms with Gasteiger partial charge < -0.3 is 10.1 Å². The Kier molecular flexibility index (Phi) is 5.74. The summed E-state index contributed by atoms with van der Waals surface area (Å²) in [6, 6.07) is 12.3. The Balaban J connectivity index is 1.86. The van der Waals surface area contributed by atoms with E-state index in [0.29, 0.717) is 0 Å². The monoisotopic (exact) mass is 288 g/mol. The Morgan fingerprint density at radius 3 is 2.55 bits per heavy atom. The molecule has 0 bridgehead atoms. The molecule has 1 aromatic heterocycles. The van der Waals surface area contributed by atoms with Crippen molar-refractivity contribution in [2.75, 3.05) is 19.0 Å². The summed E-state index contributed by atoms with van der Waals surface area (Å²) < 4.78 is 5.15. The number of rotatable bonds is 7. The Bertz CT molecular complexity index is 511. The molecule has 0 aliphatic heterocycles. The number of benzene rings is 1. The summed E-state index contributed by atoms with van der Waals surface area (Å²) in [4.78, 5) is 5.65. The van der Waals surface area contributed by atoms with Crippen LogP contribution in [0.15, 0.2) is 47.5 Å². The predicted octanol–water partition coefficient (Wildman–Crippen LogP) is 4.20. The fraction of sp³-hybridized carbons (Fsp3) is 0.312. The van der Waals surface area contributed by atoms with Crippen LogP contribution in [0.5, 0.6) is 5.75 Å². The molecule has 0 fully saturated rings.